The molecule has 6 unspecified atom stereocenters. The van der Waals surface area contributed by atoms with Gasteiger partial charge in [-0.2, -0.15) is 5.26 Å². The van der Waals surface area contributed by atoms with Crippen molar-refractivity contribution in [3.8, 4) is 6.07 Å². The summed E-state index contributed by atoms with van der Waals surface area (Å²) in [5.74, 6) is -1.61. The molecule has 2 aromatic rings. The molecule has 1 heterocycles. The Labute approximate surface area is 262 Å². The fourth-order valence-corrected chi connectivity index (χ4v) is 6.52. The number of hydrogen-bond donors (Lipinski definition) is 0. The molecular weight excluding hydrogens is 583 g/mol. The monoisotopic (exact) mass is 628 g/mol. The number of carbonyl (C=O) groups excluding carboxylic acids is 2. The molecule has 0 saturated carbocycles. The summed E-state index contributed by atoms with van der Waals surface area (Å²) >= 11 is 0. The minimum Gasteiger partial charge on any atom is -0.454 e. The zero-order valence-electron chi connectivity index (χ0n) is 26.5. The largest absolute Gasteiger partial charge is 0.454 e. The van der Waals surface area contributed by atoms with Crippen LogP contribution in [0.2, 0.25) is 0 Å². The molecule has 1 fully saturated rings. The van der Waals surface area contributed by atoms with Crippen LogP contribution in [0.25, 0.3) is 0 Å². The number of esters is 2. The third kappa shape index (κ3) is 10.1. The lowest BCUT2D eigenvalue weighted by Crippen LogP contribution is -2.58. The normalized spacial score (nSPS) is 22.5. The molecule has 240 valence electrons. The number of hydrogen-bond acceptors (Lipinski definition) is 10. The Kier molecular flexibility index (Phi) is 14.7. The summed E-state index contributed by atoms with van der Waals surface area (Å²) < 4.78 is 39.2. The van der Waals surface area contributed by atoms with Crippen molar-refractivity contribution < 1.29 is 37.6 Å². The highest BCUT2D eigenvalue weighted by molar-refractivity contribution is 7.44. The van der Waals surface area contributed by atoms with Crippen molar-refractivity contribution in [2.24, 2.45) is 5.92 Å². The van der Waals surface area contributed by atoms with Crippen LogP contribution in [-0.4, -0.2) is 73.1 Å². The average molecular weight is 629 g/mol. The molecule has 0 amide bonds. The first-order chi connectivity index (χ1) is 21.2. The molecule has 6 atom stereocenters. The maximum Gasteiger partial charge on any atom is 0.338 e. The molecule has 1 saturated heterocycles. The molecule has 0 N–H and O–H groups in total. The van der Waals surface area contributed by atoms with Crippen LogP contribution < -0.4 is 0 Å². The Balaban J connectivity index is 1.96. The molecule has 0 radical (unpaired) electrons. The summed E-state index contributed by atoms with van der Waals surface area (Å²) in [6.07, 6.45) is -2.57. The van der Waals surface area contributed by atoms with Crippen molar-refractivity contribution in [2.45, 2.75) is 91.1 Å². The number of ether oxygens (including phenoxy) is 4. The molecule has 0 bridgehead atoms. The topological polar surface area (TPSA) is 117 Å². The second-order valence-electron chi connectivity index (χ2n) is 11.1. The van der Waals surface area contributed by atoms with Gasteiger partial charge < -0.3 is 28.0 Å². The SMILES string of the molecule is CCCOC1OC(COP(OCCC#N)N(C(C)C)C(C)C)C(OC(=O)c2ccccc2)C(OC(=O)c2ccccc2)C1C. The molecule has 2 aromatic carbocycles. The van der Waals surface area contributed by atoms with E-state index in [4.69, 9.17) is 33.3 Å². The quantitative estimate of drug-likeness (QED) is 0.116. The van der Waals surface area contributed by atoms with E-state index in [1.807, 2.05) is 53.7 Å². The lowest BCUT2D eigenvalue weighted by atomic mass is 9.91. The lowest BCUT2D eigenvalue weighted by molar-refractivity contribution is -0.279. The minimum atomic E-state index is -1.61. The zero-order valence-corrected chi connectivity index (χ0v) is 27.4. The second kappa shape index (κ2) is 18.2. The summed E-state index contributed by atoms with van der Waals surface area (Å²) in [5, 5.41) is 9.09. The van der Waals surface area contributed by atoms with Crippen molar-refractivity contribution in [3.05, 3.63) is 71.8 Å². The molecular formula is C33H45N2O8P. The summed E-state index contributed by atoms with van der Waals surface area (Å²) in [7, 11) is -1.61. The molecule has 44 heavy (non-hydrogen) atoms. The van der Waals surface area contributed by atoms with Crippen LogP contribution >= 0.6 is 8.53 Å². The van der Waals surface area contributed by atoms with E-state index in [1.165, 1.54) is 0 Å². The molecule has 0 aliphatic carbocycles. The Bertz CT molecular complexity index is 1190. The Morgan fingerprint density at radius 1 is 0.886 bits per heavy atom. The van der Waals surface area contributed by atoms with Gasteiger partial charge in [0.25, 0.3) is 8.53 Å². The van der Waals surface area contributed by atoms with Gasteiger partial charge in [0.05, 0.1) is 36.8 Å². The first-order valence-corrected chi connectivity index (χ1v) is 16.3. The fraction of sp³-hybridized carbons (Fsp3) is 0.545. The average Bonchev–Trinajstić information content (AvgIpc) is 3.02. The summed E-state index contributed by atoms with van der Waals surface area (Å²) in [4.78, 5) is 26.7. The van der Waals surface area contributed by atoms with Gasteiger partial charge in [-0.15, -0.1) is 0 Å². The van der Waals surface area contributed by atoms with Crippen LogP contribution in [-0.2, 0) is 28.0 Å². The molecule has 11 heteroatoms. The van der Waals surface area contributed by atoms with Gasteiger partial charge in [-0.1, -0.05) is 50.2 Å². The first-order valence-electron chi connectivity index (χ1n) is 15.2. The van der Waals surface area contributed by atoms with Gasteiger partial charge in [-0.3, -0.25) is 0 Å². The predicted molar refractivity (Wildman–Crippen MR) is 167 cm³/mol. The van der Waals surface area contributed by atoms with Gasteiger partial charge in [-0.25, -0.2) is 14.3 Å². The van der Waals surface area contributed by atoms with Crippen molar-refractivity contribution in [2.75, 3.05) is 19.8 Å². The van der Waals surface area contributed by atoms with Gasteiger partial charge in [0.2, 0.25) is 0 Å². The standard InChI is InChI=1S/C33H45N2O8P/c1-7-20-38-33-25(6)29(42-31(36)26-15-10-8-11-16-26)30(43-32(37)27-17-12-9-13-18-27)28(41-33)22-40-44(39-21-14-19-34)35(23(2)3)24(4)5/h8-13,15-18,23-25,28-30,33H,7,14,20-22H2,1-6H3. The van der Waals surface area contributed by atoms with Gasteiger partial charge >= 0.3 is 11.9 Å². The van der Waals surface area contributed by atoms with Gasteiger partial charge in [0, 0.05) is 24.6 Å². The Morgan fingerprint density at radius 2 is 1.43 bits per heavy atom. The Morgan fingerprint density at radius 3 is 1.93 bits per heavy atom. The molecule has 3 rings (SSSR count). The molecule has 0 spiro atoms. The number of nitrogens with zero attached hydrogens (tertiary/aromatic N) is 2. The molecule has 1 aliphatic heterocycles. The van der Waals surface area contributed by atoms with E-state index >= 15 is 0 Å². The summed E-state index contributed by atoms with van der Waals surface area (Å²) in [5.41, 5.74) is 0.724. The third-order valence-electron chi connectivity index (χ3n) is 6.95. The van der Waals surface area contributed by atoms with E-state index in [9.17, 15) is 9.59 Å². The fourth-order valence-electron chi connectivity index (χ4n) is 4.90. The van der Waals surface area contributed by atoms with Gasteiger partial charge in [0.1, 0.15) is 12.2 Å². The highest BCUT2D eigenvalue weighted by atomic mass is 31.2. The number of carbonyl (C=O) groups is 2. The van der Waals surface area contributed by atoms with Crippen molar-refractivity contribution >= 4 is 20.5 Å². The Hall–Kier alpha value is -2.90. The first kappa shape index (κ1) is 35.6. The van der Waals surface area contributed by atoms with E-state index in [2.05, 4.69) is 10.7 Å². The highest BCUT2D eigenvalue weighted by Gasteiger charge is 2.49. The number of benzene rings is 2. The zero-order chi connectivity index (χ0) is 32.1. The molecule has 10 nitrogen and oxygen atoms in total. The van der Waals surface area contributed by atoms with Gasteiger partial charge in [-0.05, 0) is 58.4 Å². The molecule has 0 aromatic heterocycles. The van der Waals surface area contributed by atoms with Crippen molar-refractivity contribution in [3.63, 3.8) is 0 Å². The third-order valence-corrected chi connectivity index (χ3v) is 9.02. The van der Waals surface area contributed by atoms with Crippen LogP contribution in [0.1, 0.15) is 75.1 Å². The van der Waals surface area contributed by atoms with E-state index < -0.39 is 51.0 Å². The van der Waals surface area contributed by atoms with E-state index in [0.717, 1.165) is 6.42 Å². The summed E-state index contributed by atoms with van der Waals surface area (Å²) in [6.45, 7) is 12.6. The van der Waals surface area contributed by atoms with Crippen LogP contribution in [0.4, 0.5) is 0 Å². The van der Waals surface area contributed by atoms with Gasteiger partial charge in [0.15, 0.2) is 12.4 Å². The van der Waals surface area contributed by atoms with Crippen LogP contribution in [0.15, 0.2) is 60.7 Å². The van der Waals surface area contributed by atoms with Crippen LogP contribution in [0.3, 0.4) is 0 Å². The summed E-state index contributed by atoms with van der Waals surface area (Å²) in [6, 6.07) is 19.5. The van der Waals surface area contributed by atoms with Crippen molar-refractivity contribution in [1.29, 1.82) is 5.26 Å². The maximum atomic E-state index is 13.4. The minimum absolute atomic E-state index is 0.0426. The maximum absolute atomic E-state index is 13.4. The van der Waals surface area contributed by atoms with E-state index in [-0.39, 0.29) is 31.7 Å². The highest BCUT2D eigenvalue weighted by Crippen LogP contribution is 2.47. The van der Waals surface area contributed by atoms with Crippen molar-refractivity contribution in [1.82, 2.24) is 4.67 Å². The van der Waals surface area contributed by atoms with E-state index in [0.29, 0.717) is 17.7 Å². The predicted octanol–water partition coefficient (Wildman–Crippen LogP) is 6.52. The number of rotatable bonds is 16. The van der Waals surface area contributed by atoms with Crippen LogP contribution in [0.5, 0.6) is 0 Å². The molecule has 1 aliphatic rings. The smallest absolute Gasteiger partial charge is 0.338 e. The second-order valence-corrected chi connectivity index (χ2v) is 12.5. The van der Waals surface area contributed by atoms with E-state index in [1.54, 1.807) is 48.5 Å². The lowest BCUT2D eigenvalue weighted by Gasteiger charge is -2.44. The van der Waals surface area contributed by atoms with Crippen LogP contribution in [0, 0.1) is 17.2 Å². The number of nitriles is 1.